The molecule has 0 radical (unpaired) electrons. The minimum Gasteiger partial charge on any atom is -0.370 e. The van der Waals surface area contributed by atoms with Crippen LogP contribution < -0.4 is 10.9 Å². The van der Waals surface area contributed by atoms with Gasteiger partial charge in [0.15, 0.2) is 5.16 Å². The molecule has 1 amide bonds. The van der Waals surface area contributed by atoms with E-state index in [-0.39, 0.29) is 17.1 Å². The Morgan fingerprint density at radius 1 is 1.20 bits per heavy atom. The number of anilines is 1. The highest BCUT2D eigenvalue weighted by atomic mass is 32.2. The van der Waals surface area contributed by atoms with Gasteiger partial charge in [0.2, 0.25) is 5.91 Å². The molecule has 1 aliphatic heterocycles. The first-order valence-corrected chi connectivity index (χ1v) is 13.2. The van der Waals surface area contributed by atoms with Crippen LogP contribution in [0.2, 0.25) is 0 Å². The maximum absolute atomic E-state index is 14.0. The summed E-state index contributed by atoms with van der Waals surface area (Å²) in [5.74, 6) is -0.146. The lowest BCUT2D eigenvalue weighted by Gasteiger charge is -2.30. The number of thioether (sulfide) groups is 1. The van der Waals surface area contributed by atoms with E-state index in [1.807, 2.05) is 82.3 Å². The van der Waals surface area contributed by atoms with Crippen molar-refractivity contribution in [3.05, 3.63) is 81.0 Å². The van der Waals surface area contributed by atoms with Crippen molar-refractivity contribution in [3.8, 4) is 5.69 Å². The monoisotopic (exact) mass is 505 g/mol. The van der Waals surface area contributed by atoms with Crippen LogP contribution in [-0.4, -0.2) is 26.3 Å². The molecule has 6 nitrogen and oxygen atoms in total. The summed E-state index contributed by atoms with van der Waals surface area (Å²) >= 11 is 2.80. The molecule has 1 N–H and O–H groups in total. The van der Waals surface area contributed by atoms with E-state index >= 15 is 0 Å². The van der Waals surface area contributed by atoms with Gasteiger partial charge in [0.25, 0.3) is 5.56 Å². The van der Waals surface area contributed by atoms with Gasteiger partial charge in [-0.1, -0.05) is 42.1 Å². The van der Waals surface area contributed by atoms with Crippen LogP contribution in [0.15, 0.2) is 64.5 Å². The Hall–Kier alpha value is -2.94. The highest BCUT2D eigenvalue weighted by Gasteiger charge is 2.32. The number of ether oxygens (including phenoxy) is 1. The van der Waals surface area contributed by atoms with Crippen molar-refractivity contribution in [2.24, 2.45) is 0 Å². The maximum Gasteiger partial charge on any atom is 0.267 e. The van der Waals surface area contributed by atoms with Crippen molar-refractivity contribution in [1.29, 1.82) is 0 Å². The van der Waals surface area contributed by atoms with Crippen LogP contribution in [0.25, 0.3) is 15.9 Å². The lowest BCUT2D eigenvalue weighted by Crippen LogP contribution is -2.32. The highest BCUT2D eigenvalue weighted by molar-refractivity contribution is 8.00. The van der Waals surface area contributed by atoms with Crippen LogP contribution in [0.1, 0.15) is 36.8 Å². The topological polar surface area (TPSA) is 73.2 Å². The second kappa shape index (κ2) is 9.26. The van der Waals surface area contributed by atoms with Gasteiger partial charge in [-0.25, -0.2) is 4.98 Å². The molecule has 0 bridgehead atoms. The number of para-hydroxylation sites is 1. The molecule has 0 aliphatic carbocycles. The smallest absolute Gasteiger partial charge is 0.267 e. The standard InChI is InChI=1S/C27H27N3O3S2/c1-16-9-8-12-19(13-16)30-25(32)22-20-14-27(3,4)33-15-21(20)35-24(22)29-26(30)34-17(2)23(31)28-18-10-6-5-7-11-18/h5-13,17H,14-15H2,1-4H3,(H,28,31). The SMILES string of the molecule is Cc1cccc(-n2c(SC(C)C(=O)Nc3ccccc3)nc3sc4c(c3c2=O)CC(C)(C)OC4)c1. The number of rotatable bonds is 5. The zero-order valence-electron chi connectivity index (χ0n) is 20.1. The zero-order chi connectivity index (χ0) is 24.7. The van der Waals surface area contributed by atoms with Crippen LogP contribution in [0.4, 0.5) is 5.69 Å². The number of nitrogens with one attached hydrogen (secondary N) is 1. The van der Waals surface area contributed by atoms with Crippen molar-refractivity contribution >= 4 is 44.9 Å². The van der Waals surface area contributed by atoms with Crippen LogP contribution in [0.3, 0.4) is 0 Å². The second-order valence-electron chi connectivity index (χ2n) is 9.40. The molecule has 0 fully saturated rings. The molecule has 1 aliphatic rings. The number of amides is 1. The predicted octanol–water partition coefficient (Wildman–Crippen LogP) is 5.73. The first-order valence-electron chi connectivity index (χ1n) is 11.5. The van der Waals surface area contributed by atoms with Gasteiger partial charge in [-0.05, 0) is 63.1 Å². The van der Waals surface area contributed by atoms with E-state index in [9.17, 15) is 9.59 Å². The summed E-state index contributed by atoms with van der Waals surface area (Å²) in [6, 6.07) is 17.2. The van der Waals surface area contributed by atoms with Crippen molar-refractivity contribution in [1.82, 2.24) is 9.55 Å². The first-order chi connectivity index (χ1) is 16.7. The summed E-state index contributed by atoms with van der Waals surface area (Å²) in [5.41, 5.74) is 3.12. The number of nitrogens with zero attached hydrogens (tertiary/aromatic N) is 2. The van der Waals surface area contributed by atoms with Gasteiger partial charge >= 0.3 is 0 Å². The Morgan fingerprint density at radius 3 is 2.71 bits per heavy atom. The molecule has 0 saturated heterocycles. The van der Waals surface area contributed by atoms with Gasteiger partial charge in [-0.3, -0.25) is 14.2 Å². The van der Waals surface area contributed by atoms with E-state index in [1.165, 1.54) is 23.1 Å². The fourth-order valence-corrected chi connectivity index (χ4v) is 6.30. The Balaban J connectivity index is 1.60. The molecule has 2 aromatic carbocycles. The minimum atomic E-state index is -0.465. The normalized spacial score (nSPS) is 15.5. The number of aryl methyl sites for hydroxylation is 1. The summed E-state index contributed by atoms with van der Waals surface area (Å²) < 4.78 is 7.64. The van der Waals surface area contributed by atoms with E-state index in [4.69, 9.17) is 9.72 Å². The fraction of sp³-hybridized carbons (Fsp3) is 0.296. The molecule has 0 spiro atoms. The third-order valence-corrected chi connectivity index (χ3v) is 8.18. The van der Waals surface area contributed by atoms with Gasteiger partial charge in [0.1, 0.15) is 4.83 Å². The van der Waals surface area contributed by atoms with E-state index in [0.717, 1.165) is 27.4 Å². The average Bonchev–Trinajstić information content (AvgIpc) is 3.16. The number of thiophene rings is 1. The van der Waals surface area contributed by atoms with Gasteiger partial charge in [0, 0.05) is 17.0 Å². The maximum atomic E-state index is 14.0. The number of fused-ring (bicyclic) bond motifs is 3. The van der Waals surface area contributed by atoms with Gasteiger partial charge in [0.05, 0.1) is 28.5 Å². The first kappa shape index (κ1) is 23.8. The van der Waals surface area contributed by atoms with E-state index in [2.05, 4.69) is 5.32 Å². The largest absolute Gasteiger partial charge is 0.370 e. The second-order valence-corrected chi connectivity index (χ2v) is 11.8. The Morgan fingerprint density at radius 2 is 1.97 bits per heavy atom. The number of benzene rings is 2. The van der Waals surface area contributed by atoms with Gasteiger partial charge in [-0.15, -0.1) is 11.3 Å². The quantitative estimate of drug-likeness (QED) is 0.277. The summed E-state index contributed by atoms with van der Waals surface area (Å²) in [4.78, 5) is 33.6. The van der Waals surface area contributed by atoms with E-state index in [1.54, 1.807) is 4.57 Å². The van der Waals surface area contributed by atoms with Gasteiger partial charge in [-0.2, -0.15) is 0 Å². The molecule has 0 saturated carbocycles. The van der Waals surface area contributed by atoms with Crippen molar-refractivity contribution < 1.29 is 9.53 Å². The molecule has 8 heteroatoms. The third kappa shape index (κ3) is 4.78. The molecule has 180 valence electrons. The van der Waals surface area contributed by atoms with Crippen LogP contribution >= 0.6 is 23.1 Å². The number of hydrogen-bond donors (Lipinski definition) is 1. The zero-order valence-corrected chi connectivity index (χ0v) is 21.8. The predicted molar refractivity (Wildman–Crippen MR) is 143 cm³/mol. The molecule has 5 rings (SSSR count). The van der Waals surface area contributed by atoms with Crippen molar-refractivity contribution in [2.45, 2.75) is 56.7 Å². The third-order valence-electron chi connectivity index (χ3n) is 6.03. The summed E-state index contributed by atoms with van der Waals surface area (Å²) in [6.07, 6.45) is 0.662. The fourth-order valence-electron chi connectivity index (χ4n) is 4.22. The Kier molecular flexibility index (Phi) is 6.29. The van der Waals surface area contributed by atoms with Crippen molar-refractivity contribution in [3.63, 3.8) is 0 Å². The number of carbonyl (C=O) groups excluding carboxylic acids is 1. The van der Waals surface area contributed by atoms with Crippen molar-refractivity contribution in [2.75, 3.05) is 5.32 Å². The van der Waals surface area contributed by atoms with E-state index < -0.39 is 5.25 Å². The van der Waals surface area contributed by atoms with Crippen LogP contribution in [0.5, 0.6) is 0 Å². The molecular weight excluding hydrogens is 478 g/mol. The summed E-state index contributed by atoms with van der Waals surface area (Å²) in [6.45, 7) is 8.39. The molecule has 2 aromatic heterocycles. The Bertz CT molecular complexity index is 1470. The lowest BCUT2D eigenvalue weighted by molar-refractivity contribution is -0.115. The molecule has 3 heterocycles. The van der Waals surface area contributed by atoms with Crippen LogP contribution in [-0.2, 0) is 22.6 Å². The molecule has 1 atom stereocenters. The number of carbonyl (C=O) groups is 1. The van der Waals surface area contributed by atoms with E-state index in [0.29, 0.717) is 28.4 Å². The summed E-state index contributed by atoms with van der Waals surface area (Å²) in [7, 11) is 0. The number of aromatic nitrogens is 2. The molecular formula is C27H27N3O3S2. The highest BCUT2D eigenvalue weighted by Crippen LogP contribution is 2.38. The van der Waals surface area contributed by atoms with Crippen LogP contribution in [0, 0.1) is 6.92 Å². The summed E-state index contributed by atoms with van der Waals surface area (Å²) in [5, 5.41) is 3.64. The lowest BCUT2D eigenvalue weighted by atomic mass is 9.94. The molecule has 1 unspecified atom stereocenters. The Labute approximate surface area is 212 Å². The molecule has 4 aromatic rings. The average molecular weight is 506 g/mol. The van der Waals surface area contributed by atoms with Gasteiger partial charge < -0.3 is 10.1 Å². The minimum absolute atomic E-state index is 0.103. The molecule has 35 heavy (non-hydrogen) atoms. The number of hydrogen-bond acceptors (Lipinski definition) is 6.